The first-order valence-electron chi connectivity index (χ1n) is 9.25. The van der Waals surface area contributed by atoms with Gasteiger partial charge in [0.2, 0.25) is 0 Å². The third-order valence-corrected chi connectivity index (χ3v) is 4.83. The summed E-state index contributed by atoms with van der Waals surface area (Å²) >= 11 is 0. The summed E-state index contributed by atoms with van der Waals surface area (Å²) in [5.74, 6) is 0.840. The lowest BCUT2D eigenvalue weighted by Crippen LogP contribution is -2.26. The number of H-pyrrole nitrogens is 1. The summed E-state index contributed by atoms with van der Waals surface area (Å²) in [5.41, 5.74) is 3.66. The molecule has 0 atom stereocenters. The molecular formula is C23H23N3O3. The van der Waals surface area contributed by atoms with Crippen molar-refractivity contribution >= 4 is 22.9 Å². The Bertz CT molecular complexity index is 1110. The zero-order chi connectivity index (χ0) is 20.8. The molecule has 6 nitrogen and oxygen atoms in total. The number of rotatable bonds is 7. The van der Waals surface area contributed by atoms with Crippen molar-refractivity contribution in [1.29, 1.82) is 5.26 Å². The Morgan fingerprint density at radius 3 is 2.72 bits per heavy atom. The highest BCUT2D eigenvalue weighted by Crippen LogP contribution is 2.32. The molecule has 0 aliphatic heterocycles. The van der Waals surface area contributed by atoms with Crippen LogP contribution in [0.3, 0.4) is 0 Å². The maximum absolute atomic E-state index is 12.5. The third kappa shape index (κ3) is 4.25. The van der Waals surface area contributed by atoms with Gasteiger partial charge in [0.15, 0.2) is 0 Å². The van der Waals surface area contributed by atoms with Crippen LogP contribution in [0.25, 0.3) is 17.0 Å². The molecule has 148 valence electrons. The van der Waals surface area contributed by atoms with Crippen molar-refractivity contribution in [2.75, 3.05) is 20.8 Å². The van der Waals surface area contributed by atoms with E-state index in [1.54, 1.807) is 26.4 Å². The Balaban J connectivity index is 1.72. The molecule has 3 aromatic rings. The lowest BCUT2D eigenvalue weighted by Gasteiger charge is -2.12. The fourth-order valence-corrected chi connectivity index (χ4v) is 3.35. The van der Waals surface area contributed by atoms with E-state index in [9.17, 15) is 10.1 Å². The number of aromatic amines is 1. The van der Waals surface area contributed by atoms with Crippen LogP contribution in [-0.2, 0) is 11.2 Å². The van der Waals surface area contributed by atoms with Gasteiger partial charge in [0, 0.05) is 34.8 Å². The van der Waals surface area contributed by atoms with Crippen LogP contribution in [0.1, 0.15) is 16.7 Å². The van der Waals surface area contributed by atoms with Gasteiger partial charge >= 0.3 is 0 Å². The van der Waals surface area contributed by atoms with Crippen molar-refractivity contribution in [3.63, 3.8) is 0 Å². The molecule has 2 N–H and O–H groups in total. The van der Waals surface area contributed by atoms with E-state index in [0.717, 1.165) is 22.0 Å². The van der Waals surface area contributed by atoms with Gasteiger partial charge < -0.3 is 19.8 Å². The van der Waals surface area contributed by atoms with Crippen LogP contribution in [0.15, 0.2) is 48.2 Å². The van der Waals surface area contributed by atoms with E-state index in [1.807, 2.05) is 43.5 Å². The van der Waals surface area contributed by atoms with Crippen molar-refractivity contribution in [2.45, 2.75) is 13.3 Å². The number of carbonyl (C=O) groups is 1. The fraction of sp³-hybridized carbons (Fsp3) is 0.217. The van der Waals surface area contributed by atoms with Crippen molar-refractivity contribution in [2.24, 2.45) is 0 Å². The van der Waals surface area contributed by atoms with Crippen LogP contribution >= 0.6 is 0 Å². The predicted molar refractivity (Wildman–Crippen MR) is 113 cm³/mol. The smallest absolute Gasteiger partial charge is 0.261 e. The maximum Gasteiger partial charge on any atom is 0.261 e. The lowest BCUT2D eigenvalue weighted by molar-refractivity contribution is -0.117. The predicted octanol–water partition coefficient (Wildman–Crippen LogP) is 3.76. The van der Waals surface area contributed by atoms with Gasteiger partial charge in [-0.3, -0.25) is 4.79 Å². The number of nitrogens with zero attached hydrogens (tertiary/aromatic N) is 1. The minimum Gasteiger partial charge on any atom is -0.496 e. The van der Waals surface area contributed by atoms with E-state index >= 15 is 0 Å². The average Bonchev–Trinajstić information content (AvgIpc) is 3.15. The van der Waals surface area contributed by atoms with Crippen LogP contribution in [0.2, 0.25) is 0 Å². The van der Waals surface area contributed by atoms with Gasteiger partial charge in [0.25, 0.3) is 5.91 Å². The molecular weight excluding hydrogens is 366 g/mol. The molecule has 6 heteroatoms. The summed E-state index contributed by atoms with van der Waals surface area (Å²) in [6.45, 7) is 2.29. The summed E-state index contributed by atoms with van der Waals surface area (Å²) in [6, 6.07) is 13.5. The van der Waals surface area contributed by atoms with Gasteiger partial charge in [0.05, 0.1) is 14.2 Å². The topological polar surface area (TPSA) is 87.1 Å². The van der Waals surface area contributed by atoms with Gasteiger partial charge in [-0.05, 0) is 43.2 Å². The molecule has 0 saturated carbocycles. The third-order valence-electron chi connectivity index (χ3n) is 4.83. The normalized spacial score (nSPS) is 11.2. The highest BCUT2D eigenvalue weighted by atomic mass is 16.5. The zero-order valence-electron chi connectivity index (χ0n) is 16.7. The number of aromatic nitrogens is 1. The van der Waals surface area contributed by atoms with Gasteiger partial charge in [-0.2, -0.15) is 5.26 Å². The SMILES string of the molecule is COc1ccc(C=C(C#N)C(=O)NCCc2c[nH]c3ccccc23)c(OC)c1C. The Morgan fingerprint density at radius 1 is 1.21 bits per heavy atom. The van der Waals surface area contributed by atoms with E-state index in [1.165, 1.54) is 6.08 Å². The zero-order valence-corrected chi connectivity index (χ0v) is 16.7. The highest BCUT2D eigenvalue weighted by Gasteiger charge is 2.14. The van der Waals surface area contributed by atoms with E-state index in [2.05, 4.69) is 10.3 Å². The molecule has 0 bridgehead atoms. The second kappa shape index (κ2) is 8.98. The number of hydrogen-bond donors (Lipinski definition) is 2. The first-order valence-corrected chi connectivity index (χ1v) is 9.25. The molecule has 0 radical (unpaired) electrons. The fourth-order valence-electron chi connectivity index (χ4n) is 3.35. The minimum atomic E-state index is -0.414. The van der Waals surface area contributed by atoms with Gasteiger partial charge in [-0.1, -0.05) is 18.2 Å². The molecule has 1 aromatic heterocycles. The number of carbonyl (C=O) groups excluding carboxylic acids is 1. The van der Waals surface area contributed by atoms with Crippen LogP contribution < -0.4 is 14.8 Å². The first-order chi connectivity index (χ1) is 14.1. The van der Waals surface area contributed by atoms with Crippen molar-refractivity contribution in [3.05, 3.63) is 64.9 Å². The standard InChI is InChI=1S/C23H23N3O3/c1-15-21(28-2)9-8-16(22(15)29-3)12-18(13-24)23(27)25-11-10-17-14-26-20-7-5-4-6-19(17)20/h4-9,12,14,26H,10-11H2,1-3H3,(H,25,27). The van der Waals surface area contributed by atoms with E-state index in [4.69, 9.17) is 9.47 Å². The molecule has 0 spiro atoms. The largest absolute Gasteiger partial charge is 0.496 e. The van der Waals surface area contributed by atoms with Gasteiger partial charge in [-0.15, -0.1) is 0 Å². The molecule has 29 heavy (non-hydrogen) atoms. The second-order valence-electron chi connectivity index (χ2n) is 6.55. The highest BCUT2D eigenvalue weighted by molar-refractivity contribution is 6.02. The van der Waals surface area contributed by atoms with E-state index in [-0.39, 0.29) is 5.57 Å². The number of nitriles is 1. The van der Waals surface area contributed by atoms with Crippen LogP contribution in [0.5, 0.6) is 11.5 Å². The van der Waals surface area contributed by atoms with Crippen LogP contribution in [-0.4, -0.2) is 31.7 Å². The Hall–Kier alpha value is -3.72. The van der Waals surface area contributed by atoms with Crippen LogP contribution in [0.4, 0.5) is 0 Å². The number of fused-ring (bicyclic) bond motifs is 1. The summed E-state index contributed by atoms with van der Waals surface area (Å²) in [5, 5.41) is 13.4. The Kier molecular flexibility index (Phi) is 6.20. The molecule has 0 aliphatic rings. The summed E-state index contributed by atoms with van der Waals surface area (Å²) in [6.07, 6.45) is 4.15. The van der Waals surface area contributed by atoms with Crippen LogP contribution in [0, 0.1) is 18.3 Å². The van der Waals surface area contributed by atoms with Crippen molar-refractivity contribution in [1.82, 2.24) is 10.3 Å². The molecule has 2 aromatic carbocycles. The molecule has 0 saturated heterocycles. The quantitative estimate of drug-likeness (QED) is 0.476. The number of para-hydroxylation sites is 1. The molecule has 0 aliphatic carbocycles. The van der Waals surface area contributed by atoms with E-state index < -0.39 is 5.91 Å². The molecule has 0 fully saturated rings. The number of amides is 1. The average molecular weight is 389 g/mol. The Labute approximate surface area is 169 Å². The summed E-state index contributed by atoms with van der Waals surface area (Å²) < 4.78 is 10.7. The number of nitrogens with one attached hydrogen (secondary N) is 2. The molecule has 0 unspecified atom stereocenters. The number of benzene rings is 2. The van der Waals surface area contributed by atoms with Crippen molar-refractivity contribution in [3.8, 4) is 17.6 Å². The number of hydrogen-bond acceptors (Lipinski definition) is 4. The molecule has 1 heterocycles. The lowest BCUT2D eigenvalue weighted by atomic mass is 10.1. The minimum absolute atomic E-state index is 0.0202. The van der Waals surface area contributed by atoms with E-state index in [0.29, 0.717) is 30.0 Å². The van der Waals surface area contributed by atoms with Gasteiger partial charge in [0.1, 0.15) is 23.1 Å². The number of methoxy groups -OCH3 is 2. The second-order valence-corrected chi connectivity index (χ2v) is 6.55. The maximum atomic E-state index is 12.5. The Morgan fingerprint density at radius 2 is 2.00 bits per heavy atom. The molecule has 1 amide bonds. The molecule has 3 rings (SSSR count). The monoisotopic (exact) mass is 389 g/mol. The summed E-state index contributed by atoms with van der Waals surface area (Å²) in [4.78, 5) is 15.7. The van der Waals surface area contributed by atoms with Gasteiger partial charge in [-0.25, -0.2) is 0 Å². The van der Waals surface area contributed by atoms with Crippen molar-refractivity contribution < 1.29 is 14.3 Å². The summed E-state index contributed by atoms with van der Waals surface area (Å²) in [7, 11) is 3.13. The number of ether oxygens (including phenoxy) is 2. The first kappa shape index (κ1) is 20.0.